The molecule has 2 aliphatic rings. The number of carbonyl (C=O) groups is 2. The van der Waals surface area contributed by atoms with E-state index in [0.717, 1.165) is 12.8 Å². The lowest BCUT2D eigenvalue weighted by Gasteiger charge is -2.25. The molecule has 1 aliphatic carbocycles. The van der Waals surface area contributed by atoms with Crippen LogP contribution >= 0.6 is 0 Å². The molecule has 6 heteroatoms. The molecular weight excluding hydrogens is 248 g/mol. The van der Waals surface area contributed by atoms with E-state index >= 15 is 0 Å². The van der Waals surface area contributed by atoms with Crippen molar-refractivity contribution in [1.82, 2.24) is 10.6 Å². The summed E-state index contributed by atoms with van der Waals surface area (Å²) in [4.78, 5) is 23.1. The number of carbonyl (C=O) groups excluding carboxylic acids is 1. The zero-order valence-corrected chi connectivity index (χ0v) is 11.5. The first kappa shape index (κ1) is 14.1. The molecular formula is C13H22N2O4. The van der Waals surface area contributed by atoms with Crippen LogP contribution in [-0.4, -0.2) is 42.4 Å². The van der Waals surface area contributed by atoms with E-state index in [0.29, 0.717) is 25.5 Å². The SMILES string of the molecule is CC(C)C1(CNC(=O)NC2(C(=O)O)CCOC2)CC1. The molecule has 0 spiro atoms. The molecule has 0 bridgehead atoms. The van der Waals surface area contributed by atoms with Crippen LogP contribution in [0.25, 0.3) is 0 Å². The van der Waals surface area contributed by atoms with Crippen LogP contribution in [0, 0.1) is 11.3 Å². The minimum Gasteiger partial charge on any atom is -0.479 e. The monoisotopic (exact) mass is 270 g/mol. The standard InChI is InChI=1S/C13H22N2O4/c1-9(2)12(3-4-12)7-14-11(18)15-13(10(16)17)5-6-19-8-13/h9H,3-8H2,1-2H3,(H,16,17)(H2,14,15,18). The predicted molar refractivity (Wildman–Crippen MR) is 68.8 cm³/mol. The van der Waals surface area contributed by atoms with Gasteiger partial charge < -0.3 is 20.5 Å². The normalized spacial score (nSPS) is 28.2. The summed E-state index contributed by atoms with van der Waals surface area (Å²) in [5, 5.41) is 14.6. The zero-order valence-electron chi connectivity index (χ0n) is 11.5. The Balaban J connectivity index is 1.85. The van der Waals surface area contributed by atoms with Gasteiger partial charge in [-0.3, -0.25) is 0 Å². The Morgan fingerprint density at radius 3 is 2.42 bits per heavy atom. The molecule has 19 heavy (non-hydrogen) atoms. The Morgan fingerprint density at radius 2 is 2.00 bits per heavy atom. The first-order valence-corrected chi connectivity index (χ1v) is 6.77. The average molecular weight is 270 g/mol. The maximum atomic E-state index is 11.9. The number of rotatable bonds is 5. The number of hydrogen-bond donors (Lipinski definition) is 3. The van der Waals surface area contributed by atoms with Crippen molar-refractivity contribution in [3.05, 3.63) is 0 Å². The summed E-state index contributed by atoms with van der Waals surface area (Å²) in [5.41, 5.74) is -1.06. The van der Waals surface area contributed by atoms with E-state index in [-0.39, 0.29) is 12.0 Å². The fraction of sp³-hybridized carbons (Fsp3) is 0.846. The van der Waals surface area contributed by atoms with Crippen LogP contribution < -0.4 is 10.6 Å². The van der Waals surface area contributed by atoms with E-state index in [1.165, 1.54) is 0 Å². The van der Waals surface area contributed by atoms with Crippen LogP contribution in [-0.2, 0) is 9.53 Å². The van der Waals surface area contributed by atoms with Gasteiger partial charge in [-0.05, 0) is 24.2 Å². The van der Waals surface area contributed by atoms with Crippen LogP contribution in [0.5, 0.6) is 0 Å². The van der Waals surface area contributed by atoms with Gasteiger partial charge >= 0.3 is 12.0 Å². The number of urea groups is 1. The summed E-state index contributed by atoms with van der Waals surface area (Å²) < 4.78 is 5.10. The van der Waals surface area contributed by atoms with Gasteiger partial charge in [0.1, 0.15) is 0 Å². The summed E-state index contributed by atoms with van der Waals surface area (Å²) in [6.45, 7) is 5.30. The second kappa shape index (κ2) is 5.00. The van der Waals surface area contributed by atoms with Crippen LogP contribution in [0.4, 0.5) is 4.79 Å². The molecule has 2 amide bonds. The summed E-state index contributed by atoms with van der Waals surface area (Å²) in [6.07, 6.45) is 2.56. The Bertz CT molecular complexity index is 371. The largest absolute Gasteiger partial charge is 0.479 e. The fourth-order valence-corrected chi connectivity index (χ4v) is 2.52. The van der Waals surface area contributed by atoms with E-state index in [1.807, 2.05) is 0 Å². The number of ether oxygens (including phenoxy) is 1. The Morgan fingerprint density at radius 1 is 1.32 bits per heavy atom. The fourth-order valence-electron chi connectivity index (χ4n) is 2.52. The first-order valence-electron chi connectivity index (χ1n) is 6.77. The second-order valence-corrected chi connectivity index (χ2v) is 6.01. The number of nitrogens with one attached hydrogen (secondary N) is 2. The summed E-state index contributed by atoms with van der Waals surface area (Å²) >= 11 is 0. The van der Waals surface area contributed by atoms with Crippen LogP contribution in [0.15, 0.2) is 0 Å². The molecule has 0 radical (unpaired) electrons. The predicted octanol–water partition coefficient (Wildman–Crippen LogP) is 0.965. The van der Waals surface area contributed by atoms with Gasteiger partial charge in [0, 0.05) is 19.6 Å². The molecule has 0 aromatic carbocycles. The highest BCUT2D eigenvalue weighted by Crippen LogP contribution is 2.51. The molecule has 2 fully saturated rings. The van der Waals surface area contributed by atoms with Crippen LogP contribution in [0.3, 0.4) is 0 Å². The molecule has 1 saturated carbocycles. The summed E-state index contributed by atoms with van der Waals surface area (Å²) in [6, 6.07) is -0.417. The van der Waals surface area contributed by atoms with Crippen molar-refractivity contribution in [3.63, 3.8) is 0 Å². The van der Waals surface area contributed by atoms with E-state index in [4.69, 9.17) is 4.74 Å². The number of carboxylic acid groups (broad SMARTS) is 1. The van der Waals surface area contributed by atoms with Gasteiger partial charge in [-0.1, -0.05) is 13.8 Å². The smallest absolute Gasteiger partial charge is 0.332 e. The van der Waals surface area contributed by atoms with Crippen molar-refractivity contribution < 1.29 is 19.4 Å². The molecule has 1 unspecified atom stereocenters. The molecule has 6 nitrogen and oxygen atoms in total. The Kier molecular flexibility index (Phi) is 3.71. The van der Waals surface area contributed by atoms with Gasteiger partial charge in [-0.2, -0.15) is 0 Å². The third-order valence-electron chi connectivity index (χ3n) is 4.50. The topological polar surface area (TPSA) is 87.7 Å². The minimum atomic E-state index is -1.27. The highest BCUT2D eigenvalue weighted by Gasteiger charge is 2.47. The van der Waals surface area contributed by atoms with E-state index in [1.54, 1.807) is 0 Å². The number of carboxylic acids is 1. The van der Waals surface area contributed by atoms with E-state index in [2.05, 4.69) is 24.5 Å². The van der Waals surface area contributed by atoms with Crippen molar-refractivity contribution in [2.75, 3.05) is 19.8 Å². The van der Waals surface area contributed by atoms with Crippen molar-refractivity contribution in [2.24, 2.45) is 11.3 Å². The van der Waals surface area contributed by atoms with Crippen LogP contribution in [0.2, 0.25) is 0 Å². The highest BCUT2D eigenvalue weighted by molar-refractivity contribution is 5.86. The molecule has 2 rings (SSSR count). The Hall–Kier alpha value is -1.30. The third kappa shape index (κ3) is 2.83. The van der Waals surface area contributed by atoms with Gasteiger partial charge in [0.05, 0.1) is 6.61 Å². The van der Waals surface area contributed by atoms with Crippen LogP contribution in [0.1, 0.15) is 33.1 Å². The zero-order chi connectivity index (χ0) is 14.1. The number of aliphatic carboxylic acids is 1. The quantitative estimate of drug-likeness (QED) is 0.694. The van der Waals surface area contributed by atoms with Gasteiger partial charge in [0.25, 0.3) is 0 Å². The van der Waals surface area contributed by atoms with Gasteiger partial charge in [0.2, 0.25) is 0 Å². The van der Waals surface area contributed by atoms with E-state index < -0.39 is 17.5 Å². The average Bonchev–Trinajstić information content (AvgIpc) is 3.00. The Labute approximate surface area is 112 Å². The molecule has 3 N–H and O–H groups in total. The van der Waals surface area contributed by atoms with Crippen molar-refractivity contribution in [2.45, 2.75) is 38.6 Å². The lowest BCUT2D eigenvalue weighted by molar-refractivity contribution is -0.144. The van der Waals surface area contributed by atoms with Crippen molar-refractivity contribution >= 4 is 12.0 Å². The maximum absolute atomic E-state index is 11.9. The molecule has 0 aromatic rings. The van der Waals surface area contributed by atoms with Gasteiger partial charge in [-0.25, -0.2) is 9.59 Å². The molecule has 1 saturated heterocycles. The highest BCUT2D eigenvalue weighted by atomic mass is 16.5. The van der Waals surface area contributed by atoms with Gasteiger partial charge in [0.15, 0.2) is 5.54 Å². The number of amides is 2. The summed E-state index contributed by atoms with van der Waals surface area (Å²) in [5.74, 6) is -0.513. The molecule has 108 valence electrons. The maximum Gasteiger partial charge on any atom is 0.332 e. The van der Waals surface area contributed by atoms with Crippen molar-refractivity contribution in [1.29, 1.82) is 0 Å². The first-order chi connectivity index (χ1) is 8.90. The third-order valence-corrected chi connectivity index (χ3v) is 4.50. The summed E-state index contributed by atoms with van der Waals surface area (Å²) in [7, 11) is 0. The second-order valence-electron chi connectivity index (χ2n) is 6.01. The minimum absolute atomic E-state index is 0.0328. The molecule has 0 aromatic heterocycles. The molecule has 1 atom stereocenters. The number of hydrogen-bond acceptors (Lipinski definition) is 3. The molecule has 1 heterocycles. The van der Waals surface area contributed by atoms with Crippen molar-refractivity contribution in [3.8, 4) is 0 Å². The van der Waals surface area contributed by atoms with E-state index in [9.17, 15) is 14.7 Å². The van der Waals surface area contributed by atoms with Gasteiger partial charge in [-0.15, -0.1) is 0 Å². The molecule has 1 aliphatic heterocycles. The lowest BCUT2D eigenvalue weighted by Crippen LogP contribution is -2.58. The lowest BCUT2D eigenvalue weighted by atomic mass is 9.92.